The molecule has 0 amide bonds. The quantitative estimate of drug-likeness (QED) is 0.204. The first-order chi connectivity index (χ1) is 21.5. The van der Waals surface area contributed by atoms with Gasteiger partial charge in [-0.05, 0) is 65.7 Å². The zero-order valence-corrected chi connectivity index (χ0v) is 24.4. The van der Waals surface area contributed by atoms with Crippen LogP contribution >= 0.6 is 0 Å². The van der Waals surface area contributed by atoms with Gasteiger partial charge in [-0.25, -0.2) is 27.9 Å². The summed E-state index contributed by atoms with van der Waals surface area (Å²) < 4.78 is 58.9. The summed E-state index contributed by atoms with van der Waals surface area (Å²) in [7, 11) is 0. The minimum atomic E-state index is -1.09. The summed E-state index contributed by atoms with van der Waals surface area (Å²) in [4.78, 5) is 20.5. The van der Waals surface area contributed by atoms with Gasteiger partial charge in [-0.1, -0.05) is 26.0 Å². The SMILES string of the molecule is CC1(C)COCC1n1c(Cc2cc(F)c(-c3ccc(F)c(OCc4ccc(C#N)cc4)n3)cc2F)nc2ccc(C(=O)O)cc21. The number of nitriles is 1. The van der Waals surface area contributed by atoms with Gasteiger partial charge in [0.2, 0.25) is 0 Å². The van der Waals surface area contributed by atoms with Crippen molar-refractivity contribution in [1.82, 2.24) is 14.5 Å². The summed E-state index contributed by atoms with van der Waals surface area (Å²) in [6.45, 7) is 4.82. The molecule has 0 spiro atoms. The van der Waals surface area contributed by atoms with E-state index in [1.807, 2.05) is 24.5 Å². The van der Waals surface area contributed by atoms with Gasteiger partial charge in [0.25, 0.3) is 5.88 Å². The summed E-state index contributed by atoms with van der Waals surface area (Å²) in [5, 5.41) is 18.5. The molecule has 1 atom stereocenters. The van der Waals surface area contributed by atoms with Gasteiger partial charge in [0.1, 0.15) is 24.1 Å². The van der Waals surface area contributed by atoms with Crippen LogP contribution in [0.15, 0.2) is 66.7 Å². The molecule has 45 heavy (non-hydrogen) atoms. The number of rotatable bonds is 8. The number of pyridine rings is 1. The van der Waals surface area contributed by atoms with Gasteiger partial charge >= 0.3 is 5.97 Å². The van der Waals surface area contributed by atoms with Gasteiger partial charge in [0.05, 0.1) is 53.2 Å². The molecule has 8 nitrogen and oxygen atoms in total. The number of aromatic carboxylic acids is 1. The fourth-order valence-electron chi connectivity index (χ4n) is 5.52. The number of carbonyl (C=O) groups is 1. The van der Waals surface area contributed by atoms with Crippen molar-refractivity contribution in [3.63, 3.8) is 0 Å². The topological polar surface area (TPSA) is 110 Å². The van der Waals surface area contributed by atoms with Gasteiger partial charge in [0.15, 0.2) is 5.82 Å². The van der Waals surface area contributed by atoms with Gasteiger partial charge in [-0.3, -0.25) is 0 Å². The van der Waals surface area contributed by atoms with Gasteiger partial charge in [-0.15, -0.1) is 0 Å². The van der Waals surface area contributed by atoms with E-state index in [0.29, 0.717) is 41.2 Å². The predicted octanol–water partition coefficient (Wildman–Crippen LogP) is 6.85. The molecule has 5 aromatic rings. The standard InChI is InChI=1S/C34H27F3N4O4/c1-34(2)18-44-17-30(34)41-29-12-21(33(42)43)7-9-28(29)39-31(41)13-22-11-26(37)23(14-25(22)36)27-10-8-24(35)32(40-27)45-16-20-5-3-19(15-38)4-6-20/h3-12,14,30H,13,16-18H2,1-2H3,(H,42,43). The molecule has 11 heteroatoms. The predicted molar refractivity (Wildman–Crippen MR) is 158 cm³/mol. The number of hydrogen-bond acceptors (Lipinski definition) is 6. The normalized spacial score (nSPS) is 15.7. The van der Waals surface area contributed by atoms with Crippen LogP contribution in [0.2, 0.25) is 0 Å². The highest BCUT2D eigenvalue weighted by Crippen LogP contribution is 2.40. The van der Waals surface area contributed by atoms with E-state index in [9.17, 15) is 14.3 Å². The number of fused-ring (bicyclic) bond motifs is 1. The monoisotopic (exact) mass is 612 g/mol. The Hall–Kier alpha value is -5.21. The van der Waals surface area contributed by atoms with Crippen LogP contribution in [0, 0.1) is 34.2 Å². The second kappa shape index (κ2) is 11.7. The number of nitrogens with zero attached hydrogens (tertiary/aromatic N) is 4. The largest absolute Gasteiger partial charge is 0.478 e. The third-order valence-electron chi connectivity index (χ3n) is 8.01. The van der Waals surface area contributed by atoms with E-state index in [0.717, 1.165) is 18.2 Å². The Morgan fingerprint density at radius 1 is 1.04 bits per heavy atom. The van der Waals surface area contributed by atoms with Crippen LogP contribution in [-0.4, -0.2) is 38.8 Å². The van der Waals surface area contributed by atoms with E-state index in [1.54, 1.807) is 30.3 Å². The van der Waals surface area contributed by atoms with Crippen LogP contribution in [0.25, 0.3) is 22.3 Å². The van der Waals surface area contributed by atoms with Crippen molar-refractivity contribution in [2.45, 2.75) is 32.9 Å². The zero-order chi connectivity index (χ0) is 31.9. The lowest BCUT2D eigenvalue weighted by Gasteiger charge is -2.28. The van der Waals surface area contributed by atoms with Crippen LogP contribution < -0.4 is 4.74 Å². The molecule has 1 saturated heterocycles. The first-order valence-electron chi connectivity index (χ1n) is 14.1. The van der Waals surface area contributed by atoms with Crippen LogP contribution in [0.4, 0.5) is 13.2 Å². The number of aromatic nitrogens is 3. The molecule has 1 unspecified atom stereocenters. The molecule has 0 bridgehead atoms. The number of carboxylic acids is 1. The smallest absolute Gasteiger partial charge is 0.335 e. The second-order valence-corrected chi connectivity index (χ2v) is 11.6. The fourth-order valence-corrected chi connectivity index (χ4v) is 5.52. The molecule has 3 heterocycles. The van der Waals surface area contributed by atoms with Crippen molar-refractivity contribution >= 4 is 17.0 Å². The maximum atomic E-state index is 15.6. The number of benzene rings is 3. The Balaban J connectivity index is 1.32. The molecular formula is C34H27F3N4O4. The average molecular weight is 613 g/mol. The van der Waals surface area contributed by atoms with Crippen molar-refractivity contribution in [2.75, 3.05) is 13.2 Å². The average Bonchev–Trinajstić information content (AvgIpc) is 3.55. The lowest BCUT2D eigenvalue weighted by atomic mass is 9.87. The van der Waals surface area contributed by atoms with Crippen LogP contribution in [0.5, 0.6) is 5.88 Å². The summed E-state index contributed by atoms with van der Waals surface area (Å²) in [6, 6.07) is 17.3. The number of ether oxygens (including phenoxy) is 2. The van der Waals surface area contributed by atoms with Crippen LogP contribution in [-0.2, 0) is 17.8 Å². The molecule has 0 aliphatic carbocycles. The molecule has 0 saturated carbocycles. The van der Waals surface area contributed by atoms with E-state index in [4.69, 9.17) is 14.7 Å². The summed E-state index contributed by atoms with van der Waals surface area (Å²) >= 11 is 0. The fraction of sp³-hybridized carbons (Fsp3) is 0.235. The van der Waals surface area contributed by atoms with E-state index in [1.165, 1.54) is 18.2 Å². The van der Waals surface area contributed by atoms with Gasteiger partial charge < -0.3 is 19.1 Å². The van der Waals surface area contributed by atoms with Crippen molar-refractivity contribution < 1.29 is 32.5 Å². The first-order valence-corrected chi connectivity index (χ1v) is 14.1. The Bertz CT molecular complexity index is 1980. The minimum Gasteiger partial charge on any atom is -0.478 e. The third kappa shape index (κ3) is 5.84. The Labute approximate surface area is 256 Å². The van der Waals surface area contributed by atoms with E-state index in [2.05, 4.69) is 9.97 Å². The number of carboxylic acid groups (broad SMARTS) is 1. The van der Waals surface area contributed by atoms with Crippen molar-refractivity contribution in [1.29, 1.82) is 5.26 Å². The highest BCUT2D eigenvalue weighted by molar-refractivity contribution is 5.92. The van der Waals surface area contributed by atoms with E-state index in [-0.39, 0.29) is 52.7 Å². The molecule has 6 rings (SSSR count). The maximum absolute atomic E-state index is 15.6. The third-order valence-corrected chi connectivity index (χ3v) is 8.01. The molecule has 1 N–H and O–H groups in total. The number of imidazole rings is 1. The molecule has 0 radical (unpaired) electrons. The summed E-state index contributed by atoms with van der Waals surface area (Å²) in [6.07, 6.45) is -0.0809. The first kappa shape index (κ1) is 29.8. The molecule has 2 aromatic heterocycles. The van der Waals surface area contributed by atoms with Crippen LogP contribution in [0.3, 0.4) is 0 Å². The van der Waals surface area contributed by atoms with Crippen LogP contribution in [0.1, 0.15) is 52.8 Å². The summed E-state index contributed by atoms with van der Waals surface area (Å²) in [5.74, 6) is -3.30. The highest BCUT2D eigenvalue weighted by atomic mass is 19.1. The van der Waals surface area contributed by atoms with E-state index >= 15 is 8.78 Å². The van der Waals surface area contributed by atoms with E-state index < -0.39 is 23.4 Å². The molecule has 1 aliphatic rings. The Morgan fingerprint density at radius 3 is 2.51 bits per heavy atom. The lowest BCUT2D eigenvalue weighted by Crippen LogP contribution is -2.27. The highest BCUT2D eigenvalue weighted by Gasteiger charge is 2.39. The van der Waals surface area contributed by atoms with Gasteiger partial charge in [0, 0.05) is 17.4 Å². The number of hydrogen-bond donors (Lipinski definition) is 1. The van der Waals surface area contributed by atoms with Crippen molar-refractivity contribution in [3.05, 3.63) is 112 Å². The molecule has 3 aromatic carbocycles. The van der Waals surface area contributed by atoms with Gasteiger partial charge in [-0.2, -0.15) is 5.26 Å². The van der Waals surface area contributed by atoms with Crippen molar-refractivity contribution in [2.24, 2.45) is 5.41 Å². The molecule has 1 fully saturated rings. The molecular weight excluding hydrogens is 585 g/mol. The minimum absolute atomic E-state index is 0.0209. The summed E-state index contributed by atoms with van der Waals surface area (Å²) in [5.41, 5.74) is 1.81. The molecule has 228 valence electrons. The molecule has 1 aliphatic heterocycles. The zero-order valence-electron chi connectivity index (χ0n) is 24.4. The second-order valence-electron chi connectivity index (χ2n) is 11.6. The Kier molecular flexibility index (Phi) is 7.76. The van der Waals surface area contributed by atoms with Crippen molar-refractivity contribution in [3.8, 4) is 23.2 Å². The number of halogens is 3. The Morgan fingerprint density at radius 2 is 1.82 bits per heavy atom. The lowest BCUT2D eigenvalue weighted by molar-refractivity contribution is 0.0697. The maximum Gasteiger partial charge on any atom is 0.335 e.